The lowest BCUT2D eigenvalue weighted by atomic mass is 9.97. The predicted octanol–water partition coefficient (Wildman–Crippen LogP) is 6.12. The van der Waals surface area contributed by atoms with Gasteiger partial charge in [0, 0.05) is 22.6 Å². The maximum atomic E-state index is 13.8. The quantitative estimate of drug-likeness (QED) is 0.461. The van der Waals surface area contributed by atoms with Crippen LogP contribution in [0, 0.1) is 0 Å². The number of nitrogens with zero attached hydrogens (tertiary/aromatic N) is 2. The van der Waals surface area contributed by atoms with Crippen LogP contribution in [0.5, 0.6) is 0 Å². The second-order valence-electron chi connectivity index (χ2n) is 7.37. The zero-order chi connectivity index (χ0) is 22.2. The van der Waals surface area contributed by atoms with Crippen molar-refractivity contribution in [3.8, 4) is 0 Å². The molecule has 5 nitrogen and oxygen atoms in total. The fourth-order valence-electron chi connectivity index (χ4n) is 3.74. The average molecular weight is 493 g/mol. The first-order valence-corrected chi connectivity index (χ1v) is 10.6. The fourth-order valence-corrected chi connectivity index (χ4v) is 4.00. The van der Waals surface area contributed by atoms with E-state index in [1.165, 1.54) is 6.07 Å². The number of benzene rings is 2. The summed E-state index contributed by atoms with van der Waals surface area (Å²) in [5, 5.41) is 9.87. The summed E-state index contributed by atoms with van der Waals surface area (Å²) < 4.78 is 43.2. The first kappa shape index (κ1) is 21.4. The highest BCUT2D eigenvalue weighted by molar-refractivity contribution is 9.10. The van der Waals surface area contributed by atoms with E-state index in [4.69, 9.17) is 0 Å². The summed E-state index contributed by atoms with van der Waals surface area (Å²) in [4.78, 5) is 12.7. The Morgan fingerprint density at radius 2 is 1.94 bits per heavy atom. The van der Waals surface area contributed by atoms with Crippen molar-refractivity contribution in [2.45, 2.75) is 38.0 Å². The molecule has 0 saturated heterocycles. The number of alkyl halides is 3. The second kappa shape index (κ2) is 8.37. The molecule has 0 spiro atoms. The Labute approximate surface area is 185 Å². The zero-order valence-corrected chi connectivity index (χ0v) is 18.2. The maximum absolute atomic E-state index is 13.8. The van der Waals surface area contributed by atoms with Crippen molar-refractivity contribution in [3.63, 3.8) is 0 Å². The minimum absolute atomic E-state index is 0.0703. The summed E-state index contributed by atoms with van der Waals surface area (Å²) in [6, 6.07) is 13.4. The molecule has 2 heterocycles. The van der Waals surface area contributed by atoms with Gasteiger partial charge in [-0.2, -0.15) is 18.3 Å². The number of aryl methyl sites for hydroxylation is 1. The number of fused-ring (bicyclic) bond motifs is 1. The van der Waals surface area contributed by atoms with Crippen molar-refractivity contribution in [3.05, 3.63) is 75.9 Å². The topological polar surface area (TPSA) is 59.0 Å². The van der Waals surface area contributed by atoms with Crippen LogP contribution in [0.3, 0.4) is 0 Å². The molecule has 31 heavy (non-hydrogen) atoms. The Morgan fingerprint density at radius 3 is 2.61 bits per heavy atom. The molecule has 9 heteroatoms. The molecule has 2 unspecified atom stereocenters. The summed E-state index contributed by atoms with van der Waals surface area (Å²) in [6.45, 7) is 1.96. The van der Waals surface area contributed by atoms with Crippen molar-refractivity contribution in [1.82, 2.24) is 9.78 Å². The summed E-state index contributed by atoms with van der Waals surface area (Å²) >= 11 is 3.34. The molecule has 0 radical (unpaired) electrons. The summed E-state index contributed by atoms with van der Waals surface area (Å²) in [6.07, 6.45) is -4.01. The Morgan fingerprint density at radius 1 is 1.23 bits per heavy atom. The van der Waals surface area contributed by atoms with Crippen LogP contribution in [0.2, 0.25) is 0 Å². The van der Waals surface area contributed by atoms with Crippen LogP contribution in [0.25, 0.3) is 0 Å². The highest BCUT2D eigenvalue weighted by atomic mass is 79.9. The predicted molar refractivity (Wildman–Crippen MR) is 116 cm³/mol. The highest BCUT2D eigenvalue weighted by Gasteiger charge is 2.46. The van der Waals surface area contributed by atoms with Crippen molar-refractivity contribution in [1.29, 1.82) is 0 Å². The van der Waals surface area contributed by atoms with E-state index >= 15 is 0 Å². The summed E-state index contributed by atoms with van der Waals surface area (Å²) in [5.41, 5.74) is 2.21. The monoisotopic (exact) mass is 492 g/mol. The Kier molecular flexibility index (Phi) is 5.79. The van der Waals surface area contributed by atoms with Gasteiger partial charge in [0.2, 0.25) is 0 Å². The molecule has 1 aliphatic heterocycles. The van der Waals surface area contributed by atoms with E-state index in [-0.39, 0.29) is 17.9 Å². The molecular weight excluding hydrogens is 473 g/mol. The van der Waals surface area contributed by atoms with Gasteiger partial charge < -0.3 is 10.6 Å². The van der Waals surface area contributed by atoms with E-state index in [9.17, 15) is 18.0 Å². The number of halogens is 4. The molecule has 1 amide bonds. The fraction of sp³-hybridized carbons (Fsp3) is 0.273. The van der Waals surface area contributed by atoms with Crippen molar-refractivity contribution >= 4 is 33.3 Å². The van der Waals surface area contributed by atoms with E-state index < -0.39 is 24.2 Å². The van der Waals surface area contributed by atoms with Crippen LogP contribution < -0.4 is 10.6 Å². The molecule has 2 atom stereocenters. The van der Waals surface area contributed by atoms with Crippen molar-refractivity contribution in [2.75, 3.05) is 10.6 Å². The molecule has 162 valence electrons. The van der Waals surface area contributed by atoms with Crippen LogP contribution >= 0.6 is 15.9 Å². The lowest BCUT2D eigenvalue weighted by Gasteiger charge is -2.33. The number of carbonyl (C=O) groups is 1. The number of hydrogen-bond acceptors (Lipinski definition) is 3. The van der Waals surface area contributed by atoms with E-state index in [0.717, 1.165) is 20.3 Å². The number of hydrogen-bond donors (Lipinski definition) is 2. The van der Waals surface area contributed by atoms with E-state index in [0.29, 0.717) is 12.1 Å². The van der Waals surface area contributed by atoms with Crippen LogP contribution in [-0.2, 0) is 6.42 Å². The van der Waals surface area contributed by atoms with Gasteiger partial charge >= 0.3 is 6.18 Å². The summed E-state index contributed by atoms with van der Waals surface area (Å²) in [7, 11) is 0. The molecule has 1 aliphatic rings. The van der Waals surface area contributed by atoms with Gasteiger partial charge in [-0.15, -0.1) is 0 Å². The number of anilines is 2. The molecule has 0 fully saturated rings. The number of amides is 1. The average Bonchev–Trinajstić information content (AvgIpc) is 3.17. The summed E-state index contributed by atoms with van der Waals surface area (Å²) in [5.74, 6) is -0.388. The van der Waals surface area contributed by atoms with Gasteiger partial charge in [-0.25, -0.2) is 4.68 Å². The minimum atomic E-state index is -4.50. The molecule has 0 bridgehead atoms. The number of nitrogens with one attached hydrogen (secondary N) is 2. The van der Waals surface area contributed by atoms with Crippen LogP contribution in [0.4, 0.5) is 24.7 Å². The maximum Gasteiger partial charge on any atom is 0.410 e. The van der Waals surface area contributed by atoms with Crippen molar-refractivity contribution in [2.24, 2.45) is 0 Å². The lowest BCUT2D eigenvalue weighted by molar-refractivity contribution is -0.173. The van der Waals surface area contributed by atoms with Gasteiger partial charge in [0.15, 0.2) is 11.7 Å². The van der Waals surface area contributed by atoms with Gasteiger partial charge in [0.1, 0.15) is 5.82 Å². The zero-order valence-electron chi connectivity index (χ0n) is 16.6. The Bertz CT molecular complexity index is 1090. The first-order valence-electron chi connectivity index (χ1n) is 9.83. The number of para-hydroxylation sites is 1. The largest absolute Gasteiger partial charge is 0.410 e. The highest BCUT2D eigenvalue weighted by Crippen LogP contribution is 2.43. The lowest BCUT2D eigenvalue weighted by Crippen LogP contribution is -2.35. The van der Waals surface area contributed by atoms with Crippen LogP contribution in [0.15, 0.2) is 59.1 Å². The van der Waals surface area contributed by atoms with Crippen LogP contribution in [0.1, 0.15) is 47.0 Å². The standard InChI is InChI=1S/C22H20BrF3N4O/c1-2-13-5-3-4-6-16(13)28-21(31)18-12-20-27-17(14-7-9-15(23)10-8-14)11-19(22(24,25)26)30(20)29-18/h3-10,12,17,19,27H,2,11H2,1H3,(H,28,31). The first-order chi connectivity index (χ1) is 14.8. The molecule has 0 aliphatic carbocycles. The third-order valence-electron chi connectivity index (χ3n) is 5.34. The van der Waals surface area contributed by atoms with Gasteiger partial charge in [0.05, 0.1) is 6.04 Å². The van der Waals surface area contributed by atoms with E-state index in [1.807, 2.05) is 19.1 Å². The molecule has 3 aromatic rings. The number of rotatable bonds is 4. The molecule has 1 aromatic heterocycles. The van der Waals surface area contributed by atoms with Gasteiger partial charge in [-0.1, -0.05) is 53.2 Å². The van der Waals surface area contributed by atoms with E-state index in [1.54, 1.807) is 36.4 Å². The third-order valence-corrected chi connectivity index (χ3v) is 5.87. The van der Waals surface area contributed by atoms with E-state index in [2.05, 4.69) is 31.7 Å². The SMILES string of the molecule is CCc1ccccc1NC(=O)c1cc2n(n1)C(C(F)(F)F)CC(c1ccc(Br)cc1)N2. The van der Waals surface area contributed by atoms with Gasteiger partial charge in [-0.3, -0.25) is 4.79 Å². The minimum Gasteiger partial charge on any atom is -0.363 e. The Hall–Kier alpha value is -2.81. The van der Waals surface area contributed by atoms with Crippen LogP contribution in [-0.4, -0.2) is 21.9 Å². The second-order valence-corrected chi connectivity index (χ2v) is 8.28. The molecular formula is C22H20BrF3N4O. The van der Waals surface area contributed by atoms with Gasteiger partial charge in [-0.05, 0) is 35.7 Å². The van der Waals surface area contributed by atoms with Crippen molar-refractivity contribution < 1.29 is 18.0 Å². The molecule has 2 aromatic carbocycles. The third kappa shape index (κ3) is 4.46. The van der Waals surface area contributed by atoms with Gasteiger partial charge in [0.25, 0.3) is 5.91 Å². The molecule has 4 rings (SSSR count). The smallest absolute Gasteiger partial charge is 0.363 e. The number of aromatic nitrogens is 2. The number of carbonyl (C=O) groups excluding carboxylic acids is 1. The Balaban J connectivity index is 1.64. The molecule has 2 N–H and O–H groups in total. The normalized spacial score (nSPS) is 18.2. The molecule has 0 saturated carbocycles.